The minimum atomic E-state index is -3.42. The van der Waals surface area contributed by atoms with Gasteiger partial charge >= 0.3 is 0 Å². The summed E-state index contributed by atoms with van der Waals surface area (Å²) in [5.41, 5.74) is 1.75. The molecule has 1 aliphatic rings. The van der Waals surface area contributed by atoms with E-state index >= 15 is 0 Å². The van der Waals surface area contributed by atoms with Crippen LogP contribution in [0.4, 0.5) is 20.2 Å². The predicted molar refractivity (Wildman–Crippen MR) is 91.3 cm³/mol. The van der Waals surface area contributed by atoms with Crippen molar-refractivity contribution in [3.05, 3.63) is 59.2 Å². The Kier molecular flexibility index (Phi) is 4.47. The van der Waals surface area contributed by atoms with Crippen molar-refractivity contribution in [1.29, 1.82) is 0 Å². The van der Waals surface area contributed by atoms with Crippen molar-refractivity contribution >= 4 is 27.3 Å². The molecule has 0 bridgehead atoms. The molecule has 0 atom stereocenters. The molecule has 0 fully saturated rings. The van der Waals surface area contributed by atoms with Crippen LogP contribution in [0.3, 0.4) is 0 Å². The molecule has 1 amide bonds. The third-order valence-corrected chi connectivity index (χ3v) is 5.18. The Hall–Kier alpha value is -2.48. The number of aryl methyl sites for hydroxylation is 1. The zero-order chi connectivity index (χ0) is 18.2. The summed E-state index contributed by atoms with van der Waals surface area (Å²) in [5.74, 6) is -2.75. The van der Waals surface area contributed by atoms with E-state index in [2.05, 4.69) is 5.32 Å². The minimum absolute atomic E-state index is 0.0309. The number of sulfonamides is 1. The highest BCUT2D eigenvalue weighted by Crippen LogP contribution is 2.31. The van der Waals surface area contributed by atoms with Gasteiger partial charge in [0.1, 0.15) is 0 Å². The molecule has 132 valence electrons. The van der Waals surface area contributed by atoms with Crippen molar-refractivity contribution in [2.24, 2.45) is 0 Å². The van der Waals surface area contributed by atoms with Gasteiger partial charge < -0.3 is 5.32 Å². The molecular formula is C17H16F2N2O3S. The molecule has 0 spiro atoms. The SMILES string of the molecule is CS(=O)(=O)N1CCCc2ccc(NC(=O)c3ccc(F)c(F)c3)cc21. The van der Waals surface area contributed by atoms with Gasteiger partial charge in [-0.05, 0) is 48.7 Å². The van der Waals surface area contributed by atoms with Crippen molar-refractivity contribution in [2.45, 2.75) is 12.8 Å². The molecule has 1 N–H and O–H groups in total. The first-order chi connectivity index (χ1) is 11.8. The van der Waals surface area contributed by atoms with E-state index in [1.807, 2.05) is 0 Å². The van der Waals surface area contributed by atoms with Gasteiger partial charge in [-0.15, -0.1) is 0 Å². The second kappa shape index (κ2) is 6.44. The summed E-state index contributed by atoms with van der Waals surface area (Å²) in [6.45, 7) is 0.381. The first-order valence-electron chi connectivity index (χ1n) is 7.63. The minimum Gasteiger partial charge on any atom is -0.322 e. The van der Waals surface area contributed by atoms with E-state index in [1.54, 1.807) is 18.2 Å². The molecule has 5 nitrogen and oxygen atoms in total. The van der Waals surface area contributed by atoms with E-state index < -0.39 is 27.6 Å². The number of hydrogen-bond donors (Lipinski definition) is 1. The summed E-state index contributed by atoms with van der Waals surface area (Å²) in [4.78, 5) is 12.2. The monoisotopic (exact) mass is 366 g/mol. The van der Waals surface area contributed by atoms with Crippen LogP contribution >= 0.6 is 0 Å². The van der Waals surface area contributed by atoms with E-state index in [4.69, 9.17) is 0 Å². The fraction of sp³-hybridized carbons (Fsp3) is 0.235. The third-order valence-electron chi connectivity index (χ3n) is 4.00. The Labute approximate surface area is 144 Å². The second-order valence-electron chi connectivity index (χ2n) is 5.87. The average Bonchev–Trinajstić information content (AvgIpc) is 2.55. The Morgan fingerprint density at radius 3 is 2.56 bits per heavy atom. The molecule has 0 saturated carbocycles. The smallest absolute Gasteiger partial charge is 0.255 e. The molecule has 2 aromatic rings. The predicted octanol–water partition coefficient (Wildman–Crippen LogP) is 2.93. The van der Waals surface area contributed by atoms with E-state index in [9.17, 15) is 22.0 Å². The molecule has 3 rings (SSSR count). The standard InChI is InChI=1S/C17H16F2N2O3S/c1-25(23,24)21-8-2-3-11-4-6-13(10-16(11)21)20-17(22)12-5-7-14(18)15(19)9-12/h4-7,9-10H,2-3,8H2,1H3,(H,20,22). The number of carbonyl (C=O) groups is 1. The largest absolute Gasteiger partial charge is 0.322 e. The fourth-order valence-corrected chi connectivity index (χ4v) is 3.79. The number of benzene rings is 2. The van der Waals surface area contributed by atoms with Crippen molar-refractivity contribution in [1.82, 2.24) is 0 Å². The molecule has 0 saturated heterocycles. The zero-order valence-electron chi connectivity index (χ0n) is 13.4. The van der Waals surface area contributed by atoms with Crippen LogP contribution in [-0.4, -0.2) is 27.1 Å². The topological polar surface area (TPSA) is 66.5 Å². The summed E-state index contributed by atoms with van der Waals surface area (Å²) >= 11 is 0. The van der Waals surface area contributed by atoms with Gasteiger partial charge in [0.15, 0.2) is 11.6 Å². The number of rotatable bonds is 3. The number of halogens is 2. The number of anilines is 2. The van der Waals surface area contributed by atoms with Gasteiger partial charge in [0, 0.05) is 17.8 Å². The van der Waals surface area contributed by atoms with Gasteiger partial charge in [-0.3, -0.25) is 9.10 Å². The maximum atomic E-state index is 13.3. The highest BCUT2D eigenvalue weighted by Gasteiger charge is 2.24. The fourth-order valence-electron chi connectivity index (χ4n) is 2.80. The normalized spacial score (nSPS) is 14.1. The Bertz CT molecular complexity index is 945. The first kappa shape index (κ1) is 17.3. The van der Waals surface area contributed by atoms with Gasteiger partial charge in [-0.1, -0.05) is 6.07 Å². The lowest BCUT2D eigenvalue weighted by Gasteiger charge is -2.29. The molecule has 1 aliphatic heterocycles. The van der Waals surface area contributed by atoms with Crippen molar-refractivity contribution < 1.29 is 22.0 Å². The molecular weight excluding hydrogens is 350 g/mol. The number of carbonyl (C=O) groups excluding carboxylic acids is 1. The van der Waals surface area contributed by atoms with Crippen LogP contribution in [0.15, 0.2) is 36.4 Å². The van der Waals surface area contributed by atoms with Crippen LogP contribution in [0.25, 0.3) is 0 Å². The highest BCUT2D eigenvalue weighted by atomic mass is 32.2. The molecule has 2 aromatic carbocycles. The van der Waals surface area contributed by atoms with Crippen LogP contribution in [-0.2, 0) is 16.4 Å². The second-order valence-corrected chi connectivity index (χ2v) is 7.77. The van der Waals surface area contributed by atoms with Crippen LogP contribution in [0.2, 0.25) is 0 Å². The van der Waals surface area contributed by atoms with E-state index in [-0.39, 0.29) is 5.56 Å². The molecule has 8 heteroatoms. The van der Waals surface area contributed by atoms with Crippen LogP contribution in [0, 0.1) is 11.6 Å². The lowest BCUT2D eigenvalue weighted by atomic mass is 10.0. The lowest BCUT2D eigenvalue weighted by molar-refractivity contribution is 0.102. The van der Waals surface area contributed by atoms with Crippen molar-refractivity contribution in [2.75, 3.05) is 22.4 Å². The highest BCUT2D eigenvalue weighted by molar-refractivity contribution is 7.92. The zero-order valence-corrected chi connectivity index (χ0v) is 14.2. The number of fused-ring (bicyclic) bond motifs is 1. The maximum absolute atomic E-state index is 13.3. The number of amides is 1. The van der Waals surface area contributed by atoms with Crippen LogP contribution < -0.4 is 9.62 Å². The Morgan fingerprint density at radius 1 is 1.12 bits per heavy atom. The summed E-state index contributed by atoms with van der Waals surface area (Å²) in [7, 11) is -3.42. The molecule has 0 aliphatic carbocycles. The molecule has 1 heterocycles. The Balaban J connectivity index is 1.89. The van der Waals surface area contributed by atoms with Crippen LogP contribution in [0.1, 0.15) is 22.3 Å². The number of nitrogens with one attached hydrogen (secondary N) is 1. The summed E-state index contributed by atoms with van der Waals surface area (Å²) in [6.07, 6.45) is 2.61. The molecule has 0 aromatic heterocycles. The van der Waals surface area contributed by atoms with Crippen LogP contribution in [0.5, 0.6) is 0 Å². The number of hydrogen-bond acceptors (Lipinski definition) is 3. The van der Waals surface area contributed by atoms with Gasteiger partial charge in [0.05, 0.1) is 11.9 Å². The maximum Gasteiger partial charge on any atom is 0.255 e. The summed E-state index contributed by atoms with van der Waals surface area (Å²) in [6, 6.07) is 7.85. The van der Waals surface area contributed by atoms with E-state index in [0.29, 0.717) is 17.9 Å². The molecule has 0 unspecified atom stereocenters. The lowest BCUT2D eigenvalue weighted by Crippen LogP contribution is -2.34. The van der Waals surface area contributed by atoms with Crippen molar-refractivity contribution in [3.63, 3.8) is 0 Å². The van der Waals surface area contributed by atoms with Gasteiger partial charge in [-0.2, -0.15) is 0 Å². The van der Waals surface area contributed by atoms with Gasteiger partial charge in [0.25, 0.3) is 5.91 Å². The summed E-state index contributed by atoms with van der Waals surface area (Å²) in [5, 5.41) is 2.58. The quantitative estimate of drug-likeness (QED) is 0.908. The number of nitrogens with zero attached hydrogens (tertiary/aromatic N) is 1. The van der Waals surface area contributed by atoms with Gasteiger partial charge in [-0.25, -0.2) is 17.2 Å². The first-order valence-corrected chi connectivity index (χ1v) is 9.47. The third kappa shape index (κ3) is 3.63. The van der Waals surface area contributed by atoms with E-state index in [0.717, 1.165) is 36.8 Å². The summed E-state index contributed by atoms with van der Waals surface area (Å²) < 4.78 is 51.4. The molecule has 25 heavy (non-hydrogen) atoms. The van der Waals surface area contributed by atoms with E-state index in [1.165, 1.54) is 10.4 Å². The van der Waals surface area contributed by atoms with Crippen molar-refractivity contribution in [3.8, 4) is 0 Å². The van der Waals surface area contributed by atoms with Gasteiger partial charge in [0.2, 0.25) is 10.0 Å². The molecule has 0 radical (unpaired) electrons. The average molecular weight is 366 g/mol. The Morgan fingerprint density at radius 2 is 1.88 bits per heavy atom.